The number of aromatic nitrogens is 4. The van der Waals surface area contributed by atoms with E-state index < -0.39 is 11.9 Å². The van der Waals surface area contributed by atoms with Gasteiger partial charge in [-0.3, -0.25) is 9.59 Å². The fourth-order valence-corrected chi connectivity index (χ4v) is 6.39. The molecule has 0 saturated carbocycles. The molecule has 1 unspecified atom stereocenters. The summed E-state index contributed by atoms with van der Waals surface area (Å²) in [6.07, 6.45) is 4.39. The molecule has 7 rings (SSSR count). The number of para-hydroxylation sites is 2. The highest BCUT2D eigenvalue weighted by atomic mass is 35.5. The van der Waals surface area contributed by atoms with Gasteiger partial charge in [-0.15, -0.1) is 0 Å². The van der Waals surface area contributed by atoms with Crippen LogP contribution in [-0.2, 0) is 30.8 Å². The lowest BCUT2D eigenvalue weighted by atomic mass is 9.95. The fraction of sp³-hybridized carbons (Fsp3) is 0.150. The molecule has 3 N–H and O–H groups in total. The number of imidazole rings is 2. The minimum atomic E-state index is -0.763. The van der Waals surface area contributed by atoms with Crippen LogP contribution >= 0.6 is 23.2 Å². The number of Topliss-reactive ketones (excluding diaryl/α,β-unsaturated/α-hetero) is 1. The lowest BCUT2D eigenvalue weighted by Crippen LogP contribution is -2.42. The summed E-state index contributed by atoms with van der Waals surface area (Å²) < 4.78 is 12.4. The molecule has 1 atom stereocenters. The number of ketones is 1. The standard InChI is InChI=1S/C40H33Cl2N5O4/c41-29-14-12-28(32(42)20-29)22-50-38-19-27(13-17-37(38)51-23-39-45-33-10-3-4-11-34(33)46-39)40(49)47-35(16-15-30-21-43-24-44-30)36(48)18-26-8-5-7-25-6-1-2-9-31(25)26/h1-14,17,19-21,24,35H,15-16,18,22-23H2,(H,43,44)(H,45,46)(H,47,49). The summed E-state index contributed by atoms with van der Waals surface area (Å²) >= 11 is 12.5. The van der Waals surface area contributed by atoms with Gasteiger partial charge in [-0.25, -0.2) is 9.97 Å². The molecule has 51 heavy (non-hydrogen) atoms. The minimum absolute atomic E-state index is 0.0956. The van der Waals surface area contributed by atoms with E-state index >= 15 is 0 Å². The summed E-state index contributed by atoms with van der Waals surface area (Å²) in [5.74, 6) is 0.836. The van der Waals surface area contributed by atoms with Gasteiger partial charge < -0.3 is 24.8 Å². The second-order valence-corrected chi connectivity index (χ2v) is 12.9. The third kappa shape index (κ3) is 8.23. The van der Waals surface area contributed by atoms with E-state index in [0.29, 0.717) is 51.3 Å². The number of rotatable bonds is 14. The highest BCUT2D eigenvalue weighted by Crippen LogP contribution is 2.32. The van der Waals surface area contributed by atoms with Crippen molar-refractivity contribution >= 4 is 56.7 Å². The number of halogens is 2. The highest BCUT2D eigenvalue weighted by Gasteiger charge is 2.24. The number of benzene rings is 5. The van der Waals surface area contributed by atoms with Gasteiger partial charge in [0.05, 0.1) is 23.4 Å². The zero-order valence-corrected chi connectivity index (χ0v) is 28.9. The molecule has 9 nitrogen and oxygen atoms in total. The number of nitrogens with zero attached hydrogens (tertiary/aromatic N) is 2. The van der Waals surface area contributed by atoms with E-state index in [9.17, 15) is 9.59 Å². The Hall–Kier alpha value is -5.64. The Bertz CT molecular complexity index is 2280. The SMILES string of the molecule is O=C(NC(CCc1cnc[nH]1)C(=O)Cc1cccc2ccccc12)c1ccc(OCc2nc3ccccc3[nH]2)c(OCc2ccc(Cl)cc2Cl)c1. The van der Waals surface area contributed by atoms with Crippen molar-refractivity contribution in [2.75, 3.05) is 0 Å². The van der Waals surface area contributed by atoms with E-state index in [4.69, 9.17) is 32.7 Å². The molecule has 0 aliphatic rings. The first-order valence-corrected chi connectivity index (χ1v) is 17.2. The maximum absolute atomic E-state index is 13.9. The number of ether oxygens (including phenoxy) is 2. The van der Waals surface area contributed by atoms with Crippen LogP contribution in [0.5, 0.6) is 11.5 Å². The molecule has 7 aromatic rings. The molecule has 0 saturated heterocycles. The number of carbonyl (C=O) groups is 2. The van der Waals surface area contributed by atoms with Gasteiger partial charge in [0, 0.05) is 39.5 Å². The molecule has 0 aliphatic heterocycles. The average Bonchev–Trinajstić information content (AvgIpc) is 3.82. The largest absolute Gasteiger partial charge is 0.485 e. The number of aromatic amines is 2. The van der Waals surface area contributed by atoms with Gasteiger partial charge in [-0.05, 0) is 71.6 Å². The molecule has 11 heteroatoms. The molecule has 0 radical (unpaired) electrons. The summed E-state index contributed by atoms with van der Waals surface area (Å²) in [7, 11) is 0. The maximum Gasteiger partial charge on any atom is 0.252 e. The molecule has 0 spiro atoms. The van der Waals surface area contributed by atoms with Crippen molar-refractivity contribution in [3.05, 3.63) is 154 Å². The topological polar surface area (TPSA) is 122 Å². The summed E-state index contributed by atoms with van der Waals surface area (Å²) in [5, 5.41) is 6.02. The zero-order chi connectivity index (χ0) is 35.2. The summed E-state index contributed by atoms with van der Waals surface area (Å²) in [6, 6.07) is 30.9. The normalized spacial score (nSPS) is 11.8. The lowest BCUT2D eigenvalue weighted by molar-refractivity contribution is -0.120. The van der Waals surface area contributed by atoms with E-state index in [-0.39, 0.29) is 25.4 Å². The van der Waals surface area contributed by atoms with Gasteiger partial charge in [0.2, 0.25) is 0 Å². The van der Waals surface area contributed by atoms with Crippen LogP contribution in [0.25, 0.3) is 21.8 Å². The Morgan fingerprint density at radius 2 is 1.65 bits per heavy atom. The second-order valence-electron chi connectivity index (χ2n) is 12.1. The molecular weight excluding hydrogens is 685 g/mol. The Kier molecular flexibility index (Phi) is 10.3. The smallest absolute Gasteiger partial charge is 0.252 e. The van der Waals surface area contributed by atoms with Crippen LogP contribution in [-0.4, -0.2) is 37.7 Å². The first kappa shape index (κ1) is 33.8. The van der Waals surface area contributed by atoms with Crippen LogP contribution in [0.1, 0.15) is 39.4 Å². The van der Waals surface area contributed by atoms with Crippen LogP contribution in [0.15, 0.2) is 116 Å². The molecular formula is C40H33Cl2N5O4. The number of aryl methyl sites for hydroxylation is 1. The van der Waals surface area contributed by atoms with Crippen molar-refractivity contribution in [3.8, 4) is 11.5 Å². The minimum Gasteiger partial charge on any atom is -0.485 e. The first-order chi connectivity index (χ1) is 24.9. The molecule has 2 heterocycles. The molecule has 1 amide bonds. The number of fused-ring (bicyclic) bond motifs is 2. The van der Waals surface area contributed by atoms with E-state index in [0.717, 1.165) is 33.1 Å². The van der Waals surface area contributed by atoms with Crippen molar-refractivity contribution in [1.82, 2.24) is 25.3 Å². The fourth-order valence-electron chi connectivity index (χ4n) is 5.93. The predicted molar refractivity (Wildman–Crippen MR) is 198 cm³/mol. The number of hydrogen-bond acceptors (Lipinski definition) is 6. The van der Waals surface area contributed by atoms with Crippen molar-refractivity contribution in [2.45, 2.75) is 38.5 Å². The Morgan fingerprint density at radius 1 is 0.824 bits per heavy atom. The summed E-state index contributed by atoms with van der Waals surface area (Å²) in [6.45, 7) is 0.231. The summed E-state index contributed by atoms with van der Waals surface area (Å²) in [4.78, 5) is 42.8. The van der Waals surface area contributed by atoms with Crippen molar-refractivity contribution in [2.24, 2.45) is 0 Å². The van der Waals surface area contributed by atoms with E-state index in [1.54, 1.807) is 48.9 Å². The van der Waals surface area contributed by atoms with Crippen molar-refractivity contribution in [1.29, 1.82) is 0 Å². The van der Waals surface area contributed by atoms with Crippen LogP contribution in [0.3, 0.4) is 0 Å². The maximum atomic E-state index is 13.9. The van der Waals surface area contributed by atoms with Crippen LogP contribution in [0.4, 0.5) is 0 Å². The molecule has 5 aromatic carbocycles. The number of carbonyl (C=O) groups excluding carboxylic acids is 2. The monoisotopic (exact) mass is 717 g/mol. The van der Waals surface area contributed by atoms with Gasteiger partial charge in [0.15, 0.2) is 17.3 Å². The van der Waals surface area contributed by atoms with E-state index in [1.807, 2.05) is 66.7 Å². The third-order valence-electron chi connectivity index (χ3n) is 8.60. The van der Waals surface area contributed by atoms with Gasteiger partial charge in [0.1, 0.15) is 19.0 Å². The molecule has 256 valence electrons. The third-order valence-corrected chi connectivity index (χ3v) is 9.19. The van der Waals surface area contributed by atoms with Crippen LogP contribution in [0.2, 0.25) is 10.0 Å². The van der Waals surface area contributed by atoms with Gasteiger partial charge in [0.25, 0.3) is 5.91 Å². The van der Waals surface area contributed by atoms with Gasteiger partial charge in [-0.1, -0.05) is 83.9 Å². The van der Waals surface area contributed by atoms with E-state index in [2.05, 4.69) is 25.3 Å². The van der Waals surface area contributed by atoms with Gasteiger partial charge in [-0.2, -0.15) is 0 Å². The number of hydrogen-bond donors (Lipinski definition) is 3. The Balaban J connectivity index is 1.13. The molecule has 0 aliphatic carbocycles. The Morgan fingerprint density at radius 3 is 2.49 bits per heavy atom. The quantitative estimate of drug-likeness (QED) is 0.104. The van der Waals surface area contributed by atoms with Crippen molar-refractivity contribution in [3.63, 3.8) is 0 Å². The average molecular weight is 719 g/mol. The van der Waals surface area contributed by atoms with E-state index in [1.165, 1.54) is 0 Å². The number of amides is 1. The lowest BCUT2D eigenvalue weighted by Gasteiger charge is -2.19. The highest BCUT2D eigenvalue weighted by molar-refractivity contribution is 6.35. The summed E-state index contributed by atoms with van der Waals surface area (Å²) in [5.41, 5.74) is 4.50. The predicted octanol–water partition coefficient (Wildman–Crippen LogP) is 8.45. The Labute approximate surface area is 304 Å². The number of H-pyrrole nitrogens is 2. The number of nitrogens with one attached hydrogen (secondary N) is 3. The van der Waals surface area contributed by atoms with Crippen molar-refractivity contribution < 1.29 is 19.1 Å². The first-order valence-electron chi connectivity index (χ1n) is 16.4. The second kappa shape index (κ2) is 15.5. The van der Waals surface area contributed by atoms with Crippen LogP contribution < -0.4 is 14.8 Å². The molecule has 0 bridgehead atoms. The molecule has 0 fully saturated rings. The van der Waals surface area contributed by atoms with Gasteiger partial charge >= 0.3 is 0 Å². The zero-order valence-electron chi connectivity index (χ0n) is 27.4. The molecule has 2 aromatic heterocycles. The van der Waals surface area contributed by atoms with Crippen LogP contribution in [0, 0.1) is 0 Å².